The van der Waals surface area contributed by atoms with E-state index in [0.717, 1.165) is 31.6 Å². The maximum absolute atomic E-state index is 4.93. The van der Waals surface area contributed by atoms with Crippen LogP contribution < -0.4 is 5.32 Å². The molecule has 0 fully saturated rings. The second-order valence-corrected chi connectivity index (χ2v) is 6.80. The first-order valence-electron chi connectivity index (χ1n) is 8.09. The van der Waals surface area contributed by atoms with Crippen molar-refractivity contribution < 1.29 is 0 Å². The molecule has 1 unspecified atom stereocenters. The molecule has 1 aromatic heterocycles. The Kier molecular flexibility index (Phi) is 4.79. The van der Waals surface area contributed by atoms with Crippen molar-refractivity contribution in [3.8, 4) is 0 Å². The Morgan fingerprint density at radius 1 is 1.30 bits per heavy atom. The maximum Gasteiger partial charge on any atom is 0.131 e. The lowest BCUT2D eigenvalue weighted by Crippen LogP contribution is -2.34. The number of rotatable bonds is 5. The third-order valence-corrected chi connectivity index (χ3v) is 4.50. The van der Waals surface area contributed by atoms with E-state index in [9.17, 15) is 0 Å². The van der Waals surface area contributed by atoms with Crippen LogP contribution in [-0.2, 0) is 6.42 Å². The number of hydrogen-bond acceptors (Lipinski definition) is 3. The minimum atomic E-state index is 0.319. The molecule has 0 radical (unpaired) electrons. The Bertz CT molecular complexity index is 450. The second kappa shape index (κ2) is 6.21. The number of nitrogens with one attached hydrogen (secondary N) is 1. The summed E-state index contributed by atoms with van der Waals surface area (Å²) >= 11 is 0. The summed E-state index contributed by atoms with van der Waals surface area (Å²) in [5, 5.41) is 3.59. The SMILES string of the molecule is CCNC1CC(C)(C)Cc2nc(C(CC)CC)ncc21. The standard InChI is InChI=1S/C17H29N3/c1-6-12(7-2)16-19-11-13-14(18-8-3)9-17(4,5)10-15(13)20-16/h11-12,14,18H,6-10H2,1-5H3. The van der Waals surface area contributed by atoms with Gasteiger partial charge < -0.3 is 5.32 Å². The highest BCUT2D eigenvalue weighted by Gasteiger charge is 2.33. The van der Waals surface area contributed by atoms with Gasteiger partial charge in [0.1, 0.15) is 5.82 Å². The summed E-state index contributed by atoms with van der Waals surface area (Å²) in [5.41, 5.74) is 2.91. The molecular weight excluding hydrogens is 246 g/mol. The van der Waals surface area contributed by atoms with Crippen molar-refractivity contribution in [2.24, 2.45) is 5.41 Å². The molecule has 1 atom stereocenters. The molecule has 2 rings (SSSR count). The Balaban J connectivity index is 2.36. The van der Waals surface area contributed by atoms with Gasteiger partial charge in [-0.05, 0) is 37.6 Å². The number of aromatic nitrogens is 2. The fourth-order valence-electron chi connectivity index (χ4n) is 3.34. The fraction of sp³-hybridized carbons (Fsp3) is 0.765. The Hall–Kier alpha value is -0.960. The highest BCUT2D eigenvalue weighted by Crippen LogP contribution is 2.40. The molecule has 1 aromatic rings. The number of fused-ring (bicyclic) bond motifs is 1. The molecule has 0 bridgehead atoms. The van der Waals surface area contributed by atoms with Crippen LogP contribution >= 0.6 is 0 Å². The molecule has 1 heterocycles. The van der Waals surface area contributed by atoms with Crippen molar-refractivity contribution in [1.29, 1.82) is 0 Å². The van der Waals surface area contributed by atoms with Gasteiger partial charge in [0.15, 0.2) is 0 Å². The van der Waals surface area contributed by atoms with Gasteiger partial charge in [-0.2, -0.15) is 0 Å². The molecule has 1 aliphatic carbocycles. The lowest BCUT2D eigenvalue weighted by Gasteiger charge is -2.36. The summed E-state index contributed by atoms with van der Waals surface area (Å²) in [7, 11) is 0. The zero-order valence-corrected chi connectivity index (χ0v) is 13.7. The quantitative estimate of drug-likeness (QED) is 0.882. The predicted octanol–water partition coefficient (Wildman–Crippen LogP) is 4.00. The third-order valence-electron chi connectivity index (χ3n) is 4.50. The molecule has 1 N–H and O–H groups in total. The Morgan fingerprint density at radius 3 is 2.60 bits per heavy atom. The van der Waals surface area contributed by atoms with Gasteiger partial charge in [0.25, 0.3) is 0 Å². The zero-order valence-electron chi connectivity index (χ0n) is 13.7. The molecule has 0 aromatic carbocycles. The van der Waals surface area contributed by atoms with Crippen molar-refractivity contribution in [1.82, 2.24) is 15.3 Å². The summed E-state index contributed by atoms with van der Waals surface area (Å²) in [5.74, 6) is 1.55. The predicted molar refractivity (Wildman–Crippen MR) is 83.9 cm³/mol. The summed E-state index contributed by atoms with van der Waals surface area (Å²) in [6.07, 6.45) is 6.56. The molecule has 0 aliphatic heterocycles. The highest BCUT2D eigenvalue weighted by molar-refractivity contribution is 5.27. The third kappa shape index (κ3) is 3.20. The van der Waals surface area contributed by atoms with Crippen molar-refractivity contribution >= 4 is 0 Å². The van der Waals surface area contributed by atoms with E-state index in [1.54, 1.807) is 0 Å². The monoisotopic (exact) mass is 275 g/mol. The minimum absolute atomic E-state index is 0.319. The lowest BCUT2D eigenvalue weighted by atomic mass is 9.74. The van der Waals surface area contributed by atoms with E-state index in [1.165, 1.54) is 17.7 Å². The van der Waals surface area contributed by atoms with E-state index < -0.39 is 0 Å². The summed E-state index contributed by atoms with van der Waals surface area (Å²) < 4.78 is 0. The molecule has 3 nitrogen and oxygen atoms in total. The van der Waals surface area contributed by atoms with E-state index in [4.69, 9.17) is 4.98 Å². The van der Waals surface area contributed by atoms with Crippen molar-refractivity contribution in [3.05, 3.63) is 23.3 Å². The van der Waals surface area contributed by atoms with Crippen LogP contribution in [-0.4, -0.2) is 16.5 Å². The summed E-state index contributed by atoms with van der Waals surface area (Å²) in [6, 6.07) is 0.412. The largest absolute Gasteiger partial charge is 0.310 e. The van der Waals surface area contributed by atoms with E-state index in [0.29, 0.717) is 17.4 Å². The zero-order chi connectivity index (χ0) is 14.8. The van der Waals surface area contributed by atoms with Gasteiger partial charge in [-0.25, -0.2) is 9.97 Å². The minimum Gasteiger partial charge on any atom is -0.310 e. The average Bonchev–Trinajstić information content (AvgIpc) is 2.39. The smallest absolute Gasteiger partial charge is 0.131 e. The van der Waals surface area contributed by atoms with Crippen molar-refractivity contribution in [3.63, 3.8) is 0 Å². The molecule has 1 aliphatic rings. The van der Waals surface area contributed by atoms with Gasteiger partial charge in [-0.1, -0.05) is 34.6 Å². The number of nitrogens with zero attached hydrogens (tertiary/aromatic N) is 2. The van der Waals surface area contributed by atoms with Gasteiger partial charge in [0, 0.05) is 29.4 Å². The van der Waals surface area contributed by atoms with Gasteiger partial charge in [-0.15, -0.1) is 0 Å². The first-order valence-corrected chi connectivity index (χ1v) is 8.09. The van der Waals surface area contributed by atoms with E-state index in [-0.39, 0.29) is 0 Å². The molecule has 0 spiro atoms. The first-order chi connectivity index (χ1) is 9.50. The summed E-state index contributed by atoms with van der Waals surface area (Å²) in [4.78, 5) is 9.60. The van der Waals surface area contributed by atoms with Gasteiger partial charge >= 0.3 is 0 Å². The molecule has 20 heavy (non-hydrogen) atoms. The molecule has 112 valence electrons. The molecule has 0 amide bonds. The molecule has 0 saturated heterocycles. The van der Waals surface area contributed by atoms with Crippen molar-refractivity contribution in [2.45, 2.75) is 72.3 Å². The fourth-order valence-corrected chi connectivity index (χ4v) is 3.34. The van der Waals surface area contributed by atoms with Gasteiger partial charge in [0.2, 0.25) is 0 Å². The van der Waals surface area contributed by atoms with Crippen LogP contribution in [0.25, 0.3) is 0 Å². The van der Waals surface area contributed by atoms with Crippen LogP contribution in [0.2, 0.25) is 0 Å². The normalized spacial score (nSPS) is 21.0. The second-order valence-electron chi connectivity index (χ2n) is 6.80. The van der Waals surface area contributed by atoms with Gasteiger partial charge in [-0.3, -0.25) is 0 Å². The highest BCUT2D eigenvalue weighted by atomic mass is 15.0. The molecule has 0 saturated carbocycles. The van der Waals surface area contributed by atoms with E-state index >= 15 is 0 Å². The van der Waals surface area contributed by atoms with Crippen LogP contribution in [0.15, 0.2) is 6.20 Å². The average molecular weight is 275 g/mol. The van der Waals surface area contributed by atoms with E-state index in [1.807, 2.05) is 0 Å². The van der Waals surface area contributed by atoms with Crippen LogP contribution in [0.5, 0.6) is 0 Å². The molecule has 3 heteroatoms. The maximum atomic E-state index is 4.93. The van der Waals surface area contributed by atoms with Gasteiger partial charge in [0.05, 0.1) is 0 Å². The molecular formula is C17H29N3. The van der Waals surface area contributed by atoms with Crippen molar-refractivity contribution in [2.75, 3.05) is 6.54 Å². The first kappa shape index (κ1) is 15.4. The Morgan fingerprint density at radius 2 is 2.00 bits per heavy atom. The van der Waals surface area contributed by atoms with Crippen LogP contribution in [0.4, 0.5) is 0 Å². The van der Waals surface area contributed by atoms with Crippen LogP contribution in [0.3, 0.4) is 0 Å². The lowest BCUT2D eigenvalue weighted by molar-refractivity contribution is 0.254. The van der Waals surface area contributed by atoms with E-state index in [2.05, 4.69) is 51.1 Å². The topological polar surface area (TPSA) is 37.8 Å². The van der Waals surface area contributed by atoms with Crippen LogP contribution in [0, 0.1) is 5.41 Å². The summed E-state index contributed by atoms with van der Waals surface area (Å²) in [6.45, 7) is 12.3. The van der Waals surface area contributed by atoms with Crippen LogP contribution in [0.1, 0.15) is 82.9 Å². The number of hydrogen-bond donors (Lipinski definition) is 1. The Labute approximate surface area is 123 Å².